The van der Waals surface area contributed by atoms with Gasteiger partial charge in [0.1, 0.15) is 9.84 Å². The number of hydrogen-bond donors (Lipinski definition) is 2. The summed E-state index contributed by atoms with van der Waals surface area (Å²) in [5.41, 5.74) is 5.54. The largest absolute Gasteiger partial charge is 0.379 e. The molecule has 0 aliphatic carbocycles. The first kappa shape index (κ1) is 18.3. The van der Waals surface area contributed by atoms with Crippen molar-refractivity contribution in [3.63, 3.8) is 0 Å². The van der Waals surface area contributed by atoms with E-state index in [9.17, 15) is 13.2 Å². The number of morpholine rings is 1. The summed E-state index contributed by atoms with van der Waals surface area (Å²) < 4.78 is 27.5. The normalized spacial score (nSPS) is 19.2. The molecule has 1 fully saturated rings. The van der Waals surface area contributed by atoms with Crippen molar-refractivity contribution in [1.29, 1.82) is 0 Å². The number of rotatable bonds is 7. The minimum atomic E-state index is -3.10. The Bertz CT molecular complexity index is 444. The lowest BCUT2D eigenvalue weighted by atomic mass is 10.0. The first-order valence-corrected chi connectivity index (χ1v) is 9.22. The van der Waals surface area contributed by atoms with Crippen molar-refractivity contribution < 1.29 is 17.9 Å². The molecule has 124 valence electrons. The van der Waals surface area contributed by atoms with Crippen LogP contribution in [0.3, 0.4) is 0 Å². The van der Waals surface area contributed by atoms with Crippen LogP contribution in [0.5, 0.6) is 0 Å². The second-order valence-corrected chi connectivity index (χ2v) is 8.41. The second kappa shape index (κ2) is 7.53. The Morgan fingerprint density at radius 1 is 1.38 bits per heavy atom. The highest BCUT2D eigenvalue weighted by molar-refractivity contribution is 7.90. The van der Waals surface area contributed by atoms with Gasteiger partial charge in [0.25, 0.3) is 0 Å². The van der Waals surface area contributed by atoms with E-state index < -0.39 is 15.9 Å². The Kier molecular flexibility index (Phi) is 6.58. The van der Waals surface area contributed by atoms with E-state index in [1.54, 1.807) is 0 Å². The Morgan fingerprint density at radius 3 is 2.48 bits per heavy atom. The summed E-state index contributed by atoms with van der Waals surface area (Å²) in [7, 11) is -3.10. The minimum absolute atomic E-state index is 0.0750. The number of nitrogens with zero attached hydrogens (tertiary/aromatic N) is 1. The van der Waals surface area contributed by atoms with E-state index in [0.29, 0.717) is 19.8 Å². The zero-order valence-corrected chi connectivity index (χ0v) is 13.9. The smallest absolute Gasteiger partial charge is 0.237 e. The van der Waals surface area contributed by atoms with Crippen molar-refractivity contribution in [3.8, 4) is 0 Å². The van der Waals surface area contributed by atoms with Crippen LogP contribution >= 0.6 is 0 Å². The van der Waals surface area contributed by atoms with Crippen LogP contribution < -0.4 is 11.1 Å². The number of hydrogen-bond acceptors (Lipinski definition) is 6. The molecule has 1 heterocycles. The van der Waals surface area contributed by atoms with Gasteiger partial charge >= 0.3 is 0 Å². The third-order valence-electron chi connectivity index (χ3n) is 3.70. The van der Waals surface area contributed by atoms with Crippen LogP contribution in [0.15, 0.2) is 0 Å². The van der Waals surface area contributed by atoms with E-state index in [-0.39, 0.29) is 23.6 Å². The van der Waals surface area contributed by atoms with Crippen molar-refractivity contribution in [1.82, 2.24) is 10.2 Å². The number of sulfone groups is 1. The zero-order chi connectivity index (χ0) is 16.1. The van der Waals surface area contributed by atoms with Gasteiger partial charge in [0.2, 0.25) is 5.91 Å². The average Bonchev–Trinajstić information content (AvgIpc) is 2.42. The molecule has 0 saturated carbocycles. The van der Waals surface area contributed by atoms with E-state index in [0.717, 1.165) is 19.3 Å². The molecule has 3 N–H and O–H groups in total. The number of nitrogens with one attached hydrogen (secondary N) is 1. The fourth-order valence-electron chi connectivity index (χ4n) is 2.19. The van der Waals surface area contributed by atoms with Crippen LogP contribution in [0.2, 0.25) is 0 Å². The zero-order valence-electron chi connectivity index (χ0n) is 13.1. The molecule has 8 heteroatoms. The molecule has 0 aromatic rings. The van der Waals surface area contributed by atoms with Gasteiger partial charge in [-0.25, -0.2) is 8.42 Å². The Balaban J connectivity index is 2.40. The molecule has 0 aromatic carbocycles. The highest BCUT2D eigenvalue weighted by Gasteiger charge is 2.29. The third-order valence-corrected chi connectivity index (χ3v) is 4.68. The molecule has 1 aliphatic rings. The molecular weight excluding hydrogens is 294 g/mol. The van der Waals surface area contributed by atoms with Crippen LogP contribution in [0.25, 0.3) is 0 Å². The van der Waals surface area contributed by atoms with Gasteiger partial charge in [0, 0.05) is 31.4 Å². The number of carbonyl (C=O) groups is 1. The van der Waals surface area contributed by atoms with Crippen LogP contribution in [0.4, 0.5) is 0 Å². The summed E-state index contributed by atoms with van der Waals surface area (Å²) in [5.74, 6) is -0.381. The van der Waals surface area contributed by atoms with Gasteiger partial charge < -0.3 is 15.8 Å². The lowest BCUT2D eigenvalue weighted by Crippen LogP contribution is -2.56. The maximum atomic E-state index is 11.9. The number of nitrogens with two attached hydrogens (primary N) is 1. The van der Waals surface area contributed by atoms with Crippen LogP contribution in [0, 0.1) is 0 Å². The second-order valence-electron chi connectivity index (χ2n) is 6.15. The first-order valence-electron chi connectivity index (χ1n) is 7.16. The molecule has 1 aliphatic heterocycles. The lowest BCUT2D eigenvalue weighted by Gasteiger charge is -2.41. The van der Waals surface area contributed by atoms with Gasteiger partial charge in [-0.2, -0.15) is 0 Å². The van der Waals surface area contributed by atoms with Gasteiger partial charge in [0.15, 0.2) is 0 Å². The van der Waals surface area contributed by atoms with Crippen LogP contribution in [-0.4, -0.2) is 75.7 Å². The topological polar surface area (TPSA) is 102 Å². The van der Waals surface area contributed by atoms with Crippen molar-refractivity contribution in [2.24, 2.45) is 5.73 Å². The summed E-state index contributed by atoms with van der Waals surface area (Å²) in [4.78, 5) is 14.2. The van der Waals surface area contributed by atoms with Crippen molar-refractivity contribution >= 4 is 15.7 Å². The van der Waals surface area contributed by atoms with E-state index in [1.807, 2.05) is 0 Å². The Morgan fingerprint density at radius 2 is 1.95 bits per heavy atom. The monoisotopic (exact) mass is 321 g/mol. The predicted molar refractivity (Wildman–Crippen MR) is 81.8 cm³/mol. The van der Waals surface area contributed by atoms with Crippen molar-refractivity contribution in [3.05, 3.63) is 0 Å². The molecule has 1 rings (SSSR count). The Hall–Kier alpha value is -0.700. The molecule has 0 bridgehead atoms. The van der Waals surface area contributed by atoms with Gasteiger partial charge in [-0.05, 0) is 20.3 Å². The summed E-state index contributed by atoms with van der Waals surface area (Å²) in [6, 6.07) is -0.791. The highest BCUT2D eigenvalue weighted by atomic mass is 32.2. The average molecular weight is 321 g/mol. The molecule has 1 atom stereocenters. The van der Waals surface area contributed by atoms with E-state index in [2.05, 4.69) is 24.1 Å². The number of ether oxygens (including phenoxy) is 1. The van der Waals surface area contributed by atoms with Crippen molar-refractivity contribution in [2.75, 3.05) is 44.9 Å². The molecule has 0 spiro atoms. The van der Waals surface area contributed by atoms with Crippen LogP contribution in [-0.2, 0) is 19.4 Å². The van der Waals surface area contributed by atoms with E-state index >= 15 is 0 Å². The number of carbonyl (C=O) groups excluding carboxylic acids is 1. The van der Waals surface area contributed by atoms with Crippen molar-refractivity contribution in [2.45, 2.75) is 31.8 Å². The van der Waals surface area contributed by atoms with Gasteiger partial charge in [-0.1, -0.05) is 0 Å². The summed E-state index contributed by atoms with van der Waals surface area (Å²) >= 11 is 0. The maximum Gasteiger partial charge on any atom is 0.237 e. The fraction of sp³-hybridized carbons (Fsp3) is 0.923. The quantitative estimate of drug-likeness (QED) is 0.622. The molecular formula is C13H27N3O4S. The SMILES string of the molecule is CC(C)(CNC(=O)C(N)CCS(C)(=O)=O)N1CCOCC1. The van der Waals surface area contributed by atoms with E-state index in [1.165, 1.54) is 0 Å². The minimum Gasteiger partial charge on any atom is -0.379 e. The molecule has 1 saturated heterocycles. The molecule has 0 radical (unpaired) electrons. The van der Waals surface area contributed by atoms with E-state index in [4.69, 9.17) is 10.5 Å². The summed E-state index contributed by atoms with van der Waals surface area (Å²) in [6.07, 6.45) is 1.28. The van der Waals surface area contributed by atoms with Gasteiger partial charge in [-0.3, -0.25) is 9.69 Å². The van der Waals surface area contributed by atoms with Gasteiger partial charge in [-0.15, -0.1) is 0 Å². The predicted octanol–water partition coefficient (Wildman–Crippen LogP) is -1.02. The highest BCUT2D eigenvalue weighted by Crippen LogP contribution is 2.15. The van der Waals surface area contributed by atoms with Crippen LogP contribution in [0.1, 0.15) is 20.3 Å². The molecule has 1 unspecified atom stereocenters. The number of amides is 1. The maximum absolute atomic E-state index is 11.9. The fourth-order valence-corrected chi connectivity index (χ4v) is 2.87. The first-order chi connectivity index (χ1) is 9.62. The lowest BCUT2D eigenvalue weighted by molar-refractivity contribution is -0.123. The summed E-state index contributed by atoms with van der Waals surface area (Å²) in [6.45, 7) is 7.65. The standard InChI is InChI=1S/C13H27N3O4S/c1-13(2,16-5-7-20-8-6-16)10-15-12(17)11(14)4-9-21(3,18)19/h11H,4-10,14H2,1-3H3,(H,15,17). The molecule has 0 aromatic heterocycles. The molecule has 7 nitrogen and oxygen atoms in total. The molecule has 1 amide bonds. The third kappa shape index (κ3) is 6.73. The van der Waals surface area contributed by atoms with Gasteiger partial charge in [0.05, 0.1) is 25.0 Å². The molecule has 21 heavy (non-hydrogen) atoms. The Labute approximate surface area is 127 Å². The summed E-state index contributed by atoms with van der Waals surface area (Å²) in [5, 5.41) is 2.82.